The number of nitrogens with zero attached hydrogens (tertiary/aromatic N) is 1. The Hall–Kier alpha value is -1.02. The first-order chi connectivity index (χ1) is 6.75. The van der Waals surface area contributed by atoms with E-state index < -0.39 is 0 Å². The van der Waals surface area contributed by atoms with Gasteiger partial charge in [-0.25, -0.2) is 0 Å². The summed E-state index contributed by atoms with van der Waals surface area (Å²) in [4.78, 5) is 2.27. The van der Waals surface area contributed by atoms with Crippen LogP contribution < -0.4 is 4.74 Å². The van der Waals surface area contributed by atoms with Gasteiger partial charge in [0.15, 0.2) is 0 Å². The topological polar surface area (TPSA) is 12.5 Å². The van der Waals surface area contributed by atoms with Gasteiger partial charge in [-0.1, -0.05) is 18.2 Å². The molecule has 0 amide bonds. The molecule has 0 atom stereocenters. The molecule has 0 bridgehead atoms. The van der Waals surface area contributed by atoms with E-state index in [4.69, 9.17) is 4.74 Å². The zero-order valence-electron chi connectivity index (χ0n) is 8.81. The van der Waals surface area contributed by atoms with Crippen LogP contribution in [0.3, 0.4) is 0 Å². The standard InChI is InChI=1S/C12H17NO/c1-13(2)10-8-12(9-10)14-11-6-4-3-5-7-11/h3-7,10,12H,8-9H2,1-2H3. The van der Waals surface area contributed by atoms with E-state index in [9.17, 15) is 0 Å². The number of rotatable bonds is 3. The predicted octanol–water partition coefficient (Wildman–Crippen LogP) is 2.16. The zero-order chi connectivity index (χ0) is 9.97. The molecule has 1 aromatic rings. The van der Waals surface area contributed by atoms with Crippen LogP contribution in [0.2, 0.25) is 0 Å². The van der Waals surface area contributed by atoms with E-state index in [0.29, 0.717) is 12.1 Å². The lowest BCUT2D eigenvalue weighted by Crippen LogP contribution is -2.46. The van der Waals surface area contributed by atoms with Crippen LogP contribution in [0, 0.1) is 0 Å². The van der Waals surface area contributed by atoms with Gasteiger partial charge in [-0.05, 0) is 39.1 Å². The average molecular weight is 191 g/mol. The van der Waals surface area contributed by atoms with E-state index in [-0.39, 0.29) is 0 Å². The summed E-state index contributed by atoms with van der Waals surface area (Å²) in [6.45, 7) is 0. The summed E-state index contributed by atoms with van der Waals surface area (Å²) < 4.78 is 5.80. The molecule has 0 aromatic heterocycles. The average Bonchev–Trinajstić information content (AvgIpc) is 2.12. The highest BCUT2D eigenvalue weighted by Crippen LogP contribution is 2.28. The van der Waals surface area contributed by atoms with Gasteiger partial charge in [-0.15, -0.1) is 0 Å². The molecule has 0 aliphatic heterocycles. The Morgan fingerprint density at radius 1 is 1.14 bits per heavy atom. The molecule has 76 valence electrons. The van der Waals surface area contributed by atoms with Gasteiger partial charge in [-0.3, -0.25) is 0 Å². The Balaban J connectivity index is 1.80. The van der Waals surface area contributed by atoms with Crippen molar-refractivity contribution >= 4 is 0 Å². The fourth-order valence-electron chi connectivity index (χ4n) is 1.75. The molecule has 0 saturated heterocycles. The Labute approximate surface area is 85.5 Å². The summed E-state index contributed by atoms with van der Waals surface area (Å²) in [5.74, 6) is 0.995. The molecule has 2 rings (SSSR count). The minimum atomic E-state index is 0.421. The third-order valence-electron chi connectivity index (χ3n) is 2.85. The Kier molecular flexibility index (Phi) is 2.73. The lowest BCUT2D eigenvalue weighted by atomic mass is 9.88. The van der Waals surface area contributed by atoms with Crippen molar-refractivity contribution in [3.63, 3.8) is 0 Å². The molecule has 0 spiro atoms. The fourth-order valence-corrected chi connectivity index (χ4v) is 1.75. The van der Waals surface area contributed by atoms with Crippen molar-refractivity contribution in [2.45, 2.75) is 25.0 Å². The van der Waals surface area contributed by atoms with Crippen molar-refractivity contribution in [2.24, 2.45) is 0 Å². The van der Waals surface area contributed by atoms with Crippen LogP contribution in [0.5, 0.6) is 5.75 Å². The van der Waals surface area contributed by atoms with Crippen molar-refractivity contribution in [2.75, 3.05) is 14.1 Å². The molecule has 1 fully saturated rings. The Bertz CT molecular complexity index is 278. The van der Waals surface area contributed by atoms with Crippen molar-refractivity contribution in [1.82, 2.24) is 4.90 Å². The first kappa shape index (κ1) is 9.53. The molecule has 1 aromatic carbocycles. The van der Waals surface area contributed by atoms with Gasteiger partial charge in [0.25, 0.3) is 0 Å². The third-order valence-corrected chi connectivity index (χ3v) is 2.85. The van der Waals surface area contributed by atoms with Crippen molar-refractivity contribution < 1.29 is 4.74 Å². The maximum atomic E-state index is 5.80. The molecule has 0 radical (unpaired) electrons. The quantitative estimate of drug-likeness (QED) is 0.726. The molecular formula is C12H17NO. The maximum Gasteiger partial charge on any atom is 0.119 e. The van der Waals surface area contributed by atoms with E-state index in [0.717, 1.165) is 18.6 Å². The minimum Gasteiger partial charge on any atom is -0.490 e. The second-order valence-electron chi connectivity index (χ2n) is 4.14. The van der Waals surface area contributed by atoms with Crippen LogP contribution >= 0.6 is 0 Å². The van der Waals surface area contributed by atoms with Gasteiger partial charge in [0, 0.05) is 6.04 Å². The Morgan fingerprint density at radius 2 is 1.79 bits per heavy atom. The Morgan fingerprint density at radius 3 is 2.36 bits per heavy atom. The van der Waals surface area contributed by atoms with Gasteiger partial charge < -0.3 is 9.64 Å². The van der Waals surface area contributed by atoms with Crippen molar-refractivity contribution in [1.29, 1.82) is 0 Å². The van der Waals surface area contributed by atoms with Gasteiger partial charge in [0.2, 0.25) is 0 Å². The second kappa shape index (κ2) is 4.01. The zero-order valence-corrected chi connectivity index (χ0v) is 8.81. The number of hydrogen-bond acceptors (Lipinski definition) is 2. The van der Waals surface area contributed by atoms with E-state index in [1.165, 1.54) is 0 Å². The molecule has 14 heavy (non-hydrogen) atoms. The molecule has 0 heterocycles. The number of hydrogen-bond donors (Lipinski definition) is 0. The largest absolute Gasteiger partial charge is 0.490 e. The van der Waals surface area contributed by atoms with Gasteiger partial charge in [0.05, 0.1) is 0 Å². The summed E-state index contributed by atoms with van der Waals surface area (Å²) in [6, 6.07) is 10.8. The third kappa shape index (κ3) is 2.07. The second-order valence-corrected chi connectivity index (χ2v) is 4.14. The van der Waals surface area contributed by atoms with Crippen LogP contribution in [0.1, 0.15) is 12.8 Å². The molecule has 0 unspecified atom stereocenters. The number of para-hydroxylation sites is 1. The normalized spacial score (nSPS) is 25.9. The van der Waals surface area contributed by atoms with E-state index >= 15 is 0 Å². The lowest BCUT2D eigenvalue weighted by Gasteiger charge is -2.39. The molecular weight excluding hydrogens is 174 g/mol. The number of benzene rings is 1. The SMILES string of the molecule is CN(C)C1CC(Oc2ccccc2)C1. The first-order valence-electron chi connectivity index (χ1n) is 5.14. The lowest BCUT2D eigenvalue weighted by molar-refractivity contribution is 0.0401. The van der Waals surface area contributed by atoms with Gasteiger partial charge in [0.1, 0.15) is 11.9 Å². The predicted molar refractivity (Wildman–Crippen MR) is 57.6 cm³/mol. The minimum absolute atomic E-state index is 0.421. The van der Waals surface area contributed by atoms with Crippen LogP contribution in [0.15, 0.2) is 30.3 Å². The van der Waals surface area contributed by atoms with E-state index in [2.05, 4.69) is 19.0 Å². The van der Waals surface area contributed by atoms with Gasteiger partial charge in [-0.2, -0.15) is 0 Å². The highest BCUT2D eigenvalue weighted by molar-refractivity contribution is 5.21. The monoisotopic (exact) mass is 191 g/mol. The van der Waals surface area contributed by atoms with E-state index in [1.54, 1.807) is 0 Å². The molecule has 1 aliphatic rings. The highest BCUT2D eigenvalue weighted by atomic mass is 16.5. The smallest absolute Gasteiger partial charge is 0.119 e. The maximum absolute atomic E-state index is 5.80. The summed E-state index contributed by atoms with van der Waals surface area (Å²) in [7, 11) is 4.26. The summed E-state index contributed by atoms with van der Waals surface area (Å²) in [5.41, 5.74) is 0. The van der Waals surface area contributed by atoms with Crippen LogP contribution in [-0.2, 0) is 0 Å². The number of ether oxygens (including phenoxy) is 1. The molecule has 1 aliphatic carbocycles. The van der Waals surface area contributed by atoms with E-state index in [1.807, 2.05) is 30.3 Å². The highest BCUT2D eigenvalue weighted by Gasteiger charge is 2.31. The summed E-state index contributed by atoms with van der Waals surface area (Å²) in [6.07, 6.45) is 2.73. The van der Waals surface area contributed by atoms with Crippen LogP contribution in [0.25, 0.3) is 0 Å². The van der Waals surface area contributed by atoms with Crippen molar-refractivity contribution in [3.8, 4) is 5.75 Å². The first-order valence-corrected chi connectivity index (χ1v) is 5.14. The van der Waals surface area contributed by atoms with Crippen LogP contribution in [0.4, 0.5) is 0 Å². The molecule has 2 nitrogen and oxygen atoms in total. The molecule has 2 heteroatoms. The van der Waals surface area contributed by atoms with Crippen molar-refractivity contribution in [3.05, 3.63) is 30.3 Å². The molecule has 1 saturated carbocycles. The molecule has 0 N–H and O–H groups in total. The summed E-state index contributed by atoms with van der Waals surface area (Å²) >= 11 is 0. The van der Waals surface area contributed by atoms with Crippen LogP contribution in [-0.4, -0.2) is 31.1 Å². The summed E-state index contributed by atoms with van der Waals surface area (Å²) in [5, 5.41) is 0. The van der Waals surface area contributed by atoms with Gasteiger partial charge >= 0.3 is 0 Å². The fraction of sp³-hybridized carbons (Fsp3) is 0.500.